The number of carbonyl (C=O) groups is 2. The molecule has 0 atom stereocenters. The van der Waals surface area contributed by atoms with E-state index in [4.69, 9.17) is 4.42 Å². The number of thioether (sulfide) groups is 1. The SMILES string of the molecule is CCN1C(=O)S/C(=C/c2cccc(-c3cc(=O)c4ccccc4o3)c2)C1=O. The second-order valence-electron chi connectivity index (χ2n) is 6.02. The monoisotopic (exact) mass is 377 g/mol. The predicted molar refractivity (Wildman–Crippen MR) is 106 cm³/mol. The van der Waals surface area contributed by atoms with Crippen molar-refractivity contribution in [1.29, 1.82) is 0 Å². The molecule has 0 spiro atoms. The van der Waals surface area contributed by atoms with Gasteiger partial charge in [-0.1, -0.05) is 30.3 Å². The van der Waals surface area contributed by atoms with Gasteiger partial charge in [-0.25, -0.2) is 0 Å². The Balaban J connectivity index is 1.74. The number of likely N-dealkylation sites (N-methyl/N-ethyl adjacent to an activating group) is 1. The van der Waals surface area contributed by atoms with Crippen molar-refractivity contribution in [3.8, 4) is 11.3 Å². The first-order valence-corrected chi connectivity index (χ1v) is 9.27. The minimum atomic E-state index is -0.282. The van der Waals surface area contributed by atoms with Crippen LogP contribution in [0.1, 0.15) is 12.5 Å². The van der Waals surface area contributed by atoms with Crippen LogP contribution >= 0.6 is 11.8 Å². The molecule has 2 amide bonds. The largest absolute Gasteiger partial charge is 0.456 e. The molecule has 27 heavy (non-hydrogen) atoms. The van der Waals surface area contributed by atoms with E-state index in [9.17, 15) is 14.4 Å². The first-order chi connectivity index (χ1) is 13.1. The maximum absolute atomic E-state index is 12.3. The molecule has 0 aliphatic carbocycles. The maximum Gasteiger partial charge on any atom is 0.293 e. The zero-order valence-corrected chi connectivity index (χ0v) is 15.3. The third-order valence-corrected chi connectivity index (χ3v) is 5.20. The topological polar surface area (TPSA) is 67.6 Å². The fourth-order valence-electron chi connectivity index (χ4n) is 2.95. The molecule has 1 aliphatic rings. The van der Waals surface area contributed by atoms with E-state index >= 15 is 0 Å². The number of nitrogens with zero attached hydrogens (tertiary/aromatic N) is 1. The number of hydrogen-bond donors (Lipinski definition) is 0. The van der Waals surface area contributed by atoms with Gasteiger partial charge in [0.2, 0.25) is 0 Å². The Morgan fingerprint density at radius 1 is 1.04 bits per heavy atom. The summed E-state index contributed by atoms with van der Waals surface area (Å²) in [6, 6.07) is 15.9. The lowest BCUT2D eigenvalue weighted by atomic mass is 10.1. The highest BCUT2D eigenvalue weighted by molar-refractivity contribution is 8.18. The van der Waals surface area contributed by atoms with Crippen molar-refractivity contribution in [3.63, 3.8) is 0 Å². The lowest BCUT2D eigenvalue weighted by molar-refractivity contribution is -0.122. The van der Waals surface area contributed by atoms with Gasteiger partial charge in [-0.15, -0.1) is 0 Å². The molecule has 1 aromatic heterocycles. The molecular weight excluding hydrogens is 362 g/mol. The van der Waals surface area contributed by atoms with Gasteiger partial charge in [-0.2, -0.15) is 0 Å². The third-order valence-electron chi connectivity index (χ3n) is 4.29. The molecule has 2 heterocycles. The minimum Gasteiger partial charge on any atom is -0.456 e. The molecule has 6 heteroatoms. The van der Waals surface area contributed by atoms with E-state index in [1.165, 1.54) is 11.0 Å². The third kappa shape index (κ3) is 3.19. The van der Waals surface area contributed by atoms with Crippen LogP contribution in [-0.2, 0) is 4.79 Å². The molecule has 1 fully saturated rings. The number of imide groups is 1. The predicted octanol–water partition coefficient (Wildman–Crippen LogP) is 4.52. The molecule has 2 aromatic carbocycles. The molecule has 0 radical (unpaired) electrons. The van der Waals surface area contributed by atoms with Crippen LogP contribution in [0.2, 0.25) is 0 Å². The maximum atomic E-state index is 12.3. The van der Waals surface area contributed by atoms with Gasteiger partial charge in [0.25, 0.3) is 11.1 Å². The highest BCUT2D eigenvalue weighted by Crippen LogP contribution is 2.32. The standard InChI is InChI=1S/C21H15NO4S/c1-2-22-20(24)19(27-21(22)25)11-13-6-5-7-14(10-13)18-12-16(23)15-8-3-4-9-17(15)26-18/h3-12H,2H2,1H3/b19-11+. The summed E-state index contributed by atoms with van der Waals surface area (Å²) >= 11 is 0.932. The summed E-state index contributed by atoms with van der Waals surface area (Å²) in [5.74, 6) is 0.172. The van der Waals surface area contributed by atoms with Crippen LogP contribution in [0.25, 0.3) is 28.4 Å². The van der Waals surface area contributed by atoms with E-state index in [1.807, 2.05) is 30.3 Å². The van der Waals surface area contributed by atoms with E-state index < -0.39 is 0 Å². The molecular formula is C21H15NO4S. The summed E-state index contributed by atoms with van der Waals surface area (Å²) < 4.78 is 5.87. The van der Waals surface area contributed by atoms with Crippen LogP contribution in [0.3, 0.4) is 0 Å². The molecule has 0 N–H and O–H groups in total. The summed E-state index contributed by atoms with van der Waals surface area (Å²) in [5.41, 5.74) is 1.89. The number of benzene rings is 2. The van der Waals surface area contributed by atoms with E-state index in [-0.39, 0.29) is 16.6 Å². The van der Waals surface area contributed by atoms with E-state index in [1.54, 1.807) is 31.2 Å². The fourth-order valence-corrected chi connectivity index (χ4v) is 3.85. The highest BCUT2D eigenvalue weighted by atomic mass is 32.2. The lowest BCUT2D eigenvalue weighted by Gasteiger charge is -2.07. The summed E-state index contributed by atoms with van der Waals surface area (Å²) in [6.07, 6.45) is 1.68. The first-order valence-electron chi connectivity index (χ1n) is 8.45. The van der Waals surface area contributed by atoms with Gasteiger partial charge in [0.15, 0.2) is 5.43 Å². The van der Waals surface area contributed by atoms with Crippen molar-refractivity contribution < 1.29 is 14.0 Å². The zero-order valence-electron chi connectivity index (χ0n) is 14.5. The Bertz CT molecular complexity index is 1160. The molecule has 3 aromatic rings. The Labute approximate surface area is 159 Å². The van der Waals surface area contributed by atoms with E-state index in [2.05, 4.69) is 0 Å². The van der Waals surface area contributed by atoms with Crippen LogP contribution in [0, 0.1) is 0 Å². The normalized spacial score (nSPS) is 15.9. The quantitative estimate of drug-likeness (QED) is 0.628. The average Bonchev–Trinajstić information content (AvgIpc) is 2.94. The van der Waals surface area contributed by atoms with Crippen LogP contribution in [0.5, 0.6) is 0 Å². The van der Waals surface area contributed by atoms with Gasteiger partial charge in [0.05, 0.1) is 10.3 Å². The lowest BCUT2D eigenvalue weighted by Crippen LogP contribution is -2.27. The first kappa shape index (κ1) is 17.3. The van der Waals surface area contributed by atoms with Crippen molar-refractivity contribution in [2.24, 2.45) is 0 Å². The Morgan fingerprint density at radius 3 is 2.63 bits per heavy atom. The van der Waals surface area contributed by atoms with Crippen LogP contribution in [0.4, 0.5) is 4.79 Å². The van der Waals surface area contributed by atoms with Gasteiger partial charge in [0.1, 0.15) is 11.3 Å². The van der Waals surface area contributed by atoms with Gasteiger partial charge in [-0.3, -0.25) is 19.3 Å². The van der Waals surface area contributed by atoms with E-state index in [0.29, 0.717) is 28.2 Å². The molecule has 5 nitrogen and oxygen atoms in total. The zero-order chi connectivity index (χ0) is 19.0. The van der Waals surface area contributed by atoms with Crippen molar-refractivity contribution in [3.05, 3.63) is 75.3 Å². The van der Waals surface area contributed by atoms with Gasteiger partial charge < -0.3 is 4.42 Å². The average molecular weight is 377 g/mol. The number of rotatable bonds is 3. The Morgan fingerprint density at radius 2 is 1.85 bits per heavy atom. The van der Waals surface area contributed by atoms with Crippen molar-refractivity contribution in [1.82, 2.24) is 4.90 Å². The second kappa shape index (κ2) is 6.89. The molecule has 0 bridgehead atoms. The highest BCUT2D eigenvalue weighted by Gasteiger charge is 2.33. The summed E-state index contributed by atoms with van der Waals surface area (Å²) in [4.78, 5) is 38.0. The van der Waals surface area contributed by atoms with Crippen LogP contribution < -0.4 is 5.43 Å². The smallest absolute Gasteiger partial charge is 0.293 e. The molecule has 1 saturated heterocycles. The Hall–Kier alpha value is -3.12. The summed E-state index contributed by atoms with van der Waals surface area (Å²) in [5, 5.41) is 0.274. The molecule has 4 rings (SSSR count). The second-order valence-corrected chi connectivity index (χ2v) is 7.02. The van der Waals surface area contributed by atoms with Crippen molar-refractivity contribution in [2.75, 3.05) is 6.54 Å². The van der Waals surface area contributed by atoms with Gasteiger partial charge >= 0.3 is 0 Å². The van der Waals surface area contributed by atoms with Crippen LogP contribution in [0.15, 0.2) is 68.7 Å². The van der Waals surface area contributed by atoms with Crippen LogP contribution in [-0.4, -0.2) is 22.6 Å². The molecule has 1 aliphatic heterocycles. The number of fused-ring (bicyclic) bond motifs is 1. The minimum absolute atomic E-state index is 0.110. The number of amides is 2. The van der Waals surface area contributed by atoms with Crippen molar-refractivity contribution in [2.45, 2.75) is 6.92 Å². The van der Waals surface area contributed by atoms with E-state index in [0.717, 1.165) is 22.9 Å². The van der Waals surface area contributed by atoms with Crippen molar-refractivity contribution >= 4 is 40.0 Å². The summed E-state index contributed by atoms with van der Waals surface area (Å²) in [6.45, 7) is 2.12. The number of hydrogen-bond acceptors (Lipinski definition) is 5. The number of carbonyl (C=O) groups excluding carboxylic acids is 2. The molecule has 134 valence electrons. The summed E-state index contributed by atoms with van der Waals surface area (Å²) in [7, 11) is 0. The van der Waals surface area contributed by atoms with Gasteiger partial charge in [0, 0.05) is 18.2 Å². The fraction of sp³-hybridized carbons (Fsp3) is 0.0952. The molecule has 0 saturated carbocycles. The number of para-hydroxylation sites is 1. The Kier molecular flexibility index (Phi) is 4.41. The molecule has 0 unspecified atom stereocenters. The van der Waals surface area contributed by atoms with Gasteiger partial charge in [-0.05, 0) is 48.5 Å².